The predicted molar refractivity (Wildman–Crippen MR) is 54.3 cm³/mol. The van der Waals surface area contributed by atoms with Crippen molar-refractivity contribution in [2.45, 2.75) is 19.4 Å². The summed E-state index contributed by atoms with van der Waals surface area (Å²) in [5, 5.41) is 4.35. The molecule has 2 heterocycles. The van der Waals surface area contributed by atoms with Crippen LogP contribution in [-0.2, 0) is 6.54 Å². The van der Waals surface area contributed by atoms with Gasteiger partial charge in [0.1, 0.15) is 0 Å². The third kappa shape index (κ3) is 1.45. The number of hydrogen-bond acceptors (Lipinski definition) is 1. The van der Waals surface area contributed by atoms with Crippen LogP contribution in [0.3, 0.4) is 0 Å². The molecule has 72 valence electrons. The maximum absolute atomic E-state index is 4.35. The van der Waals surface area contributed by atoms with Crippen LogP contribution in [0.15, 0.2) is 36.9 Å². The van der Waals surface area contributed by atoms with Gasteiger partial charge < -0.3 is 4.57 Å². The molecule has 3 nitrogen and oxygen atoms in total. The van der Waals surface area contributed by atoms with Gasteiger partial charge >= 0.3 is 0 Å². The average Bonchev–Trinajstić information content (AvgIpc) is 2.71. The summed E-state index contributed by atoms with van der Waals surface area (Å²) in [6, 6.07) is 4.05. The van der Waals surface area contributed by atoms with Gasteiger partial charge in [-0.3, -0.25) is 4.68 Å². The Hall–Kier alpha value is -1.51. The molecule has 0 saturated heterocycles. The lowest BCUT2D eigenvalue weighted by Gasteiger charge is -1.97. The first-order valence-corrected chi connectivity index (χ1v) is 5.07. The van der Waals surface area contributed by atoms with Crippen molar-refractivity contribution in [3.63, 3.8) is 0 Å². The van der Waals surface area contributed by atoms with E-state index in [9.17, 15) is 0 Å². The summed E-state index contributed by atoms with van der Waals surface area (Å²) in [7, 11) is 0. The summed E-state index contributed by atoms with van der Waals surface area (Å²) in [6.07, 6.45) is 10.9. The molecule has 14 heavy (non-hydrogen) atoms. The van der Waals surface area contributed by atoms with Crippen molar-refractivity contribution >= 4 is 0 Å². The van der Waals surface area contributed by atoms with E-state index in [4.69, 9.17) is 0 Å². The van der Waals surface area contributed by atoms with Crippen LogP contribution in [0.4, 0.5) is 0 Å². The summed E-state index contributed by atoms with van der Waals surface area (Å²) >= 11 is 0. The van der Waals surface area contributed by atoms with Gasteiger partial charge in [0, 0.05) is 25.1 Å². The molecule has 0 atom stereocenters. The number of rotatable bonds is 3. The minimum Gasteiger partial charge on any atom is -0.321 e. The fourth-order valence-electron chi connectivity index (χ4n) is 1.66. The van der Waals surface area contributed by atoms with Gasteiger partial charge in [-0.15, -0.1) is 0 Å². The van der Waals surface area contributed by atoms with Crippen LogP contribution in [-0.4, -0.2) is 14.3 Å². The molecule has 0 unspecified atom stereocenters. The topological polar surface area (TPSA) is 22.8 Å². The van der Waals surface area contributed by atoms with Gasteiger partial charge in [-0.2, -0.15) is 5.10 Å². The fraction of sp³-hybridized carbons (Fsp3) is 0.364. The molecule has 1 fully saturated rings. The van der Waals surface area contributed by atoms with E-state index in [-0.39, 0.29) is 0 Å². The van der Waals surface area contributed by atoms with E-state index >= 15 is 0 Å². The summed E-state index contributed by atoms with van der Waals surface area (Å²) in [4.78, 5) is 0. The van der Waals surface area contributed by atoms with E-state index in [0.29, 0.717) is 0 Å². The summed E-state index contributed by atoms with van der Waals surface area (Å²) in [6.45, 7) is 1.08. The predicted octanol–water partition coefficient (Wildman–Crippen LogP) is 2.08. The van der Waals surface area contributed by atoms with E-state index in [1.54, 1.807) is 0 Å². The van der Waals surface area contributed by atoms with Crippen molar-refractivity contribution in [1.82, 2.24) is 14.3 Å². The standard InChI is InChI=1S/C11H13N3/c1-2-6-13(5-1)11-7-12-14(9-11)8-10-3-4-10/h1-2,5-7,9-10H,3-4,8H2. The Labute approximate surface area is 83.0 Å². The molecule has 0 amide bonds. The summed E-state index contributed by atoms with van der Waals surface area (Å²) in [5.41, 5.74) is 1.15. The maximum atomic E-state index is 4.35. The molecule has 0 aromatic carbocycles. The van der Waals surface area contributed by atoms with Gasteiger partial charge in [0.05, 0.1) is 11.9 Å². The average molecular weight is 187 g/mol. The SMILES string of the molecule is c1ccn(-c2cnn(CC3CC3)c2)c1. The van der Waals surface area contributed by atoms with Crippen molar-refractivity contribution in [2.24, 2.45) is 5.92 Å². The molecule has 1 saturated carbocycles. The van der Waals surface area contributed by atoms with E-state index < -0.39 is 0 Å². The highest BCUT2D eigenvalue weighted by atomic mass is 15.3. The first-order chi connectivity index (χ1) is 6.92. The number of hydrogen-bond donors (Lipinski definition) is 0. The van der Waals surface area contributed by atoms with Gasteiger partial charge in [0.2, 0.25) is 0 Å². The molecule has 1 aliphatic rings. The molecular weight excluding hydrogens is 174 g/mol. The second kappa shape index (κ2) is 3.01. The zero-order valence-electron chi connectivity index (χ0n) is 8.00. The van der Waals surface area contributed by atoms with E-state index in [1.807, 2.05) is 35.4 Å². The van der Waals surface area contributed by atoms with Crippen LogP contribution < -0.4 is 0 Å². The maximum Gasteiger partial charge on any atom is 0.0833 e. The van der Waals surface area contributed by atoms with Crippen LogP contribution in [0, 0.1) is 5.92 Å². The van der Waals surface area contributed by atoms with Gasteiger partial charge in [0.25, 0.3) is 0 Å². The molecule has 0 N–H and O–H groups in total. The quantitative estimate of drug-likeness (QED) is 0.721. The van der Waals surface area contributed by atoms with Crippen LogP contribution >= 0.6 is 0 Å². The lowest BCUT2D eigenvalue weighted by atomic mass is 10.4. The van der Waals surface area contributed by atoms with Crippen molar-refractivity contribution in [1.29, 1.82) is 0 Å². The summed E-state index contributed by atoms with van der Waals surface area (Å²) in [5.74, 6) is 0.882. The Morgan fingerprint density at radius 2 is 2.07 bits per heavy atom. The minimum absolute atomic E-state index is 0.882. The van der Waals surface area contributed by atoms with E-state index in [0.717, 1.165) is 18.2 Å². The fourth-order valence-corrected chi connectivity index (χ4v) is 1.66. The Morgan fingerprint density at radius 3 is 2.79 bits per heavy atom. The highest BCUT2D eigenvalue weighted by Crippen LogP contribution is 2.30. The molecule has 2 aromatic heterocycles. The Morgan fingerprint density at radius 1 is 1.29 bits per heavy atom. The van der Waals surface area contributed by atoms with Crippen molar-refractivity contribution < 1.29 is 0 Å². The highest BCUT2D eigenvalue weighted by molar-refractivity contribution is 5.26. The molecule has 0 spiro atoms. The second-order valence-corrected chi connectivity index (χ2v) is 3.95. The molecule has 0 radical (unpaired) electrons. The monoisotopic (exact) mass is 187 g/mol. The Balaban J connectivity index is 1.82. The second-order valence-electron chi connectivity index (χ2n) is 3.95. The lowest BCUT2D eigenvalue weighted by molar-refractivity contribution is 0.563. The van der Waals surface area contributed by atoms with Crippen LogP contribution in [0.1, 0.15) is 12.8 Å². The van der Waals surface area contributed by atoms with Crippen LogP contribution in [0.5, 0.6) is 0 Å². The van der Waals surface area contributed by atoms with Crippen molar-refractivity contribution in [3.8, 4) is 5.69 Å². The van der Waals surface area contributed by atoms with Gasteiger partial charge in [-0.25, -0.2) is 0 Å². The van der Waals surface area contributed by atoms with Crippen molar-refractivity contribution in [2.75, 3.05) is 0 Å². The zero-order valence-corrected chi connectivity index (χ0v) is 8.00. The molecule has 2 aromatic rings. The Bertz CT molecular complexity index is 409. The van der Waals surface area contributed by atoms with E-state index in [2.05, 4.69) is 15.9 Å². The first-order valence-electron chi connectivity index (χ1n) is 5.07. The van der Waals surface area contributed by atoms with Gasteiger partial charge in [-0.05, 0) is 30.9 Å². The normalized spacial score (nSPS) is 16.0. The zero-order chi connectivity index (χ0) is 9.38. The Kier molecular flexibility index (Phi) is 1.69. The van der Waals surface area contributed by atoms with E-state index in [1.165, 1.54) is 12.8 Å². The molecule has 3 heteroatoms. The number of nitrogens with zero attached hydrogens (tertiary/aromatic N) is 3. The lowest BCUT2D eigenvalue weighted by Crippen LogP contribution is -1.99. The smallest absolute Gasteiger partial charge is 0.0833 e. The summed E-state index contributed by atoms with van der Waals surface area (Å²) < 4.78 is 4.13. The molecule has 1 aliphatic carbocycles. The third-order valence-corrected chi connectivity index (χ3v) is 2.66. The van der Waals surface area contributed by atoms with Crippen LogP contribution in [0.2, 0.25) is 0 Å². The van der Waals surface area contributed by atoms with Gasteiger partial charge in [0.15, 0.2) is 0 Å². The molecule has 0 aliphatic heterocycles. The molecule has 0 bridgehead atoms. The first kappa shape index (κ1) is 7.85. The molecular formula is C11H13N3. The minimum atomic E-state index is 0.882. The van der Waals surface area contributed by atoms with Crippen LogP contribution in [0.25, 0.3) is 5.69 Å². The molecule has 3 rings (SSSR count). The van der Waals surface area contributed by atoms with Gasteiger partial charge in [-0.1, -0.05) is 0 Å². The van der Waals surface area contributed by atoms with Crippen molar-refractivity contribution in [3.05, 3.63) is 36.9 Å². The third-order valence-electron chi connectivity index (χ3n) is 2.66. The number of aromatic nitrogens is 3. The highest BCUT2D eigenvalue weighted by Gasteiger charge is 2.21. The largest absolute Gasteiger partial charge is 0.321 e.